The van der Waals surface area contributed by atoms with Gasteiger partial charge in [0.1, 0.15) is 5.69 Å². The average Bonchev–Trinajstić information content (AvgIpc) is 3.05. The number of carbonyl (C=O) groups excluding carboxylic acids is 2. The first-order chi connectivity index (χ1) is 12.5. The molecule has 1 fully saturated rings. The van der Waals surface area contributed by atoms with Gasteiger partial charge in [-0.25, -0.2) is 4.98 Å². The molecular formula is C18H23N5O2S. The molecule has 1 saturated heterocycles. The third kappa shape index (κ3) is 5.10. The van der Waals surface area contributed by atoms with Crippen molar-refractivity contribution in [1.29, 1.82) is 0 Å². The Morgan fingerprint density at radius 1 is 1.19 bits per heavy atom. The molecule has 1 aliphatic rings. The number of amides is 2. The highest BCUT2D eigenvalue weighted by Crippen LogP contribution is 2.18. The summed E-state index contributed by atoms with van der Waals surface area (Å²) in [5.41, 5.74) is 2.21. The van der Waals surface area contributed by atoms with Gasteiger partial charge in [0.15, 0.2) is 5.13 Å². The minimum absolute atomic E-state index is 0.206. The van der Waals surface area contributed by atoms with Crippen LogP contribution in [0.4, 0.5) is 10.8 Å². The highest BCUT2D eigenvalue weighted by Gasteiger charge is 2.15. The molecule has 1 aliphatic heterocycles. The van der Waals surface area contributed by atoms with Crippen LogP contribution in [-0.2, 0) is 11.3 Å². The average molecular weight is 373 g/mol. The molecule has 7 nitrogen and oxygen atoms in total. The van der Waals surface area contributed by atoms with Gasteiger partial charge in [0.2, 0.25) is 5.91 Å². The van der Waals surface area contributed by atoms with Crippen molar-refractivity contribution in [3.8, 4) is 0 Å². The molecule has 8 heteroatoms. The van der Waals surface area contributed by atoms with Gasteiger partial charge in [-0.15, -0.1) is 11.3 Å². The summed E-state index contributed by atoms with van der Waals surface area (Å²) in [6.45, 7) is 6.55. The molecule has 138 valence electrons. The third-order valence-electron chi connectivity index (χ3n) is 4.21. The normalized spacial score (nSPS) is 15.6. The van der Waals surface area contributed by atoms with Gasteiger partial charge < -0.3 is 15.5 Å². The number of thiazole rings is 1. The molecule has 0 bridgehead atoms. The zero-order chi connectivity index (χ0) is 18.5. The molecule has 2 amide bonds. The molecule has 1 aromatic carbocycles. The molecule has 2 aromatic rings. The lowest BCUT2D eigenvalue weighted by Crippen LogP contribution is -2.43. The van der Waals surface area contributed by atoms with Gasteiger partial charge >= 0.3 is 0 Å². The van der Waals surface area contributed by atoms with Crippen LogP contribution in [0.3, 0.4) is 0 Å². The van der Waals surface area contributed by atoms with Gasteiger partial charge in [0.25, 0.3) is 5.91 Å². The van der Waals surface area contributed by atoms with Crippen molar-refractivity contribution in [2.75, 3.05) is 43.9 Å². The Labute approximate surface area is 157 Å². The molecule has 0 aliphatic carbocycles. The van der Waals surface area contributed by atoms with Gasteiger partial charge in [-0.05, 0) is 24.7 Å². The zero-order valence-corrected chi connectivity index (χ0v) is 15.8. The lowest BCUT2D eigenvalue weighted by Gasteiger charge is -2.32. The van der Waals surface area contributed by atoms with Crippen LogP contribution < -0.4 is 10.6 Å². The number of likely N-dealkylation sites (N-methyl/N-ethyl adjacent to an activating group) is 1. The minimum Gasteiger partial charge on any atom is -0.321 e. The van der Waals surface area contributed by atoms with E-state index in [4.69, 9.17) is 0 Å². The number of hydrogen-bond donors (Lipinski definition) is 2. The Morgan fingerprint density at radius 3 is 2.69 bits per heavy atom. The number of nitrogens with one attached hydrogen (secondary N) is 2. The van der Waals surface area contributed by atoms with Crippen LogP contribution in [0.15, 0.2) is 29.6 Å². The van der Waals surface area contributed by atoms with E-state index in [2.05, 4.69) is 38.5 Å². The van der Waals surface area contributed by atoms with Gasteiger partial charge in [-0.3, -0.25) is 14.5 Å². The van der Waals surface area contributed by atoms with Crippen molar-refractivity contribution < 1.29 is 9.59 Å². The Kier molecular flexibility index (Phi) is 5.97. The second-order valence-corrected chi connectivity index (χ2v) is 7.31. The number of benzene rings is 1. The summed E-state index contributed by atoms with van der Waals surface area (Å²) in [6, 6.07) is 7.89. The van der Waals surface area contributed by atoms with Crippen LogP contribution in [0.25, 0.3) is 0 Å². The van der Waals surface area contributed by atoms with Crippen molar-refractivity contribution in [3.63, 3.8) is 0 Å². The number of anilines is 2. The number of piperazine rings is 1. The first kappa shape index (κ1) is 18.5. The van der Waals surface area contributed by atoms with Crippen LogP contribution in [0.1, 0.15) is 23.0 Å². The smallest absolute Gasteiger partial charge is 0.275 e. The maximum Gasteiger partial charge on any atom is 0.275 e. The van der Waals surface area contributed by atoms with E-state index in [-0.39, 0.29) is 11.8 Å². The molecule has 0 spiro atoms. The largest absolute Gasteiger partial charge is 0.321 e. The summed E-state index contributed by atoms with van der Waals surface area (Å²) in [5, 5.41) is 7.51. The summed E-state index contributed by atoms with van der Waals surface area (Å²) in [7, 11) is 2.14. The van der Waals surface area contributed by atoms with Crippen LogP contribution >= 0.6 is 11.3 Å². The fourth-order valence-corrected chi connectivity index (χ4v) is 3.53. The van der Waals surface area contributed by atoms with Crippen LogP contribution in [0, 0.1) is 0 Å². The highest BCUT2D eigenvalue weighted by atomic mass is 32.1. The summed E-state index contributed by atoms with van der Waals surface area (Å²) in [4.78, 5) is 32.3. The predicted octanol–water partition coefficient (Wildman–Crippen LogP) is 2.10. The molecule has 1 aromatic heterocycles. The lowest BCUT2D eigenvalue weighted by atomic mass is 10.1. The summed E-state index contributed by atoms with van der Waals surface area (Å²) in [5.74, 6) is -0.488. The first-order valence-electron chi connectivity index (χ1n) is 8.54. The Hall–Kier alpha value is -2.29. The Bertz CT molecular complexity index is 783. The molecule has 0 saturated carbocycles. The van der Waals surface area contributed by atoms with E-state index < -0.39 is 0 Å². The highest BCUT2D eigenvalue weighted by molar-refractivity contribution is 7.14. The molecule has 0 atom stereocenters. The van der Waals surface area contributed by atoms with E-state index in [1.54, 1.807) is 5.38 Å². The van der Waals surface area contributed by atoms with E-state index in [1.165, 1.54) is 23.8 Å². The van der Waals surface area contributed by atoms with Crippen molar-refractivity contribution in [2.24, 2.45) is 0 Å². The summed E-state index contributed by atoms with van der Waals surface area (Å²) in [6.07, 6.45) is 0. The third-order valence-corrected chi connectivity index (χ3v) is 4.96. The molecule has 0 unspecified atom stereocenters. The monoisotopic (exact) mass is 373 g/mol. The predicted molar refractivity (Wildman–Crippen MR) is 104 cm³/mol. The Morgan fingerprint density at radius 2 is 1.96 bits per heavy atom. The topological polar surface area (TPSA) is 77.6 Å². The summed E-state index contributed by atoms with van der Waals surface area (Å²) < 4.78 is 0. The Balaban J connectivity index is 1.60. The maximum absolute atomic E-state index is 12.4. The zero-order valence-electron chi connectivity index (χ0n) is 15.0. The number of aromatic nitrogens is 1. The van der Waals surface area contributed by atoms with Crippen molar-refractivity contribution in [2.45, 2.75) is 13.5 Å². The molecule has 26 heavy (non-hydrogen) atoms. The number of rotatable bonds is 5. The van der Waals surface area contributed by atoms with Crippen molar-refractivity contribution in [3.05, 3.63) is 40.9 Å². The fraction of sp³-hybridized carbons (Fsp3) is 0.389. The summed E-state index contributed by atoms with van der Waals surface area (Å²) >= 11 is 1.23. The van der Waals surface area contributed by atoms with E-state index in [1.807, 2.05) is 18.2 Å². The van der Waals surface area contributed by atoms with Gasteiger partial charge in [0, 0.05) is 50.7 Å². The second-order valence-electron chi connectivity index (χ2n) is 6.45. The minimum atomic E-state index is -0.283. The van der Waals surface area contributed by atoms with Crippen molar-refractivity contribution >= 4 is 34.0 Å². The van der Waals surface area contributed by atoms with E-state index in [9.17, 15) is 9.59 Å². The van der Waals surface area contributed by atoms with Crippen LogP contribution in [0.2, 0.25) is 0 Å². The van der Waals surface area contributed by atoms with Gasteiger partial charge in [-0.1, -0.05) is 12.1 Å². The molecule has 3 rings (SSSR count). The standard InChI is InChI=1S/C18H23N5O2S/c1-13(24)19-18-21-16(12-26-18)17(25)20-15-5-3-4-14(10-15)11-23-8-6-22(2)7-9-23/h3-5,10,12H,6-9,11H2,1-2H3,(H,20,25)(H,19,21,24). The second kappa shape index (κ2) is 8.39. The van der Waals surface area contributed by atoms with E-state index >= 15 is 0 Å². The molecule has 2 heterocycles. The SMILES string of the molecule is CC(=O)Nc1nc(C(=O)Nc2cccc(CN3CCN(C)CC3)c2)cs1. The van der Waals surface area contributed by atoms with Crippen molar-refractivity contribution in [1.82, 2.24) is 14.8 Å². The van der Waals surface area contributed by atoms with E-state index in [0.717, 1.165) is 38.4 Å². The molecule has 2 N–H and O–H groups in total. The lowest BCUT2D eigenvalue weighted by molar-refractivity contribution is -0.114. The number of nitrogens with zero attached hydrogens (tertiary/aromatic N) is 3. The first-order valence-corrected chi connectivity index (χ1v) is 9.42. The number of hydrogen-bond acceptors (Lipinski definition) is 6. The van der Waals surface area contributed by atoms with Gasteiger partial charge in [-0.2, -0.15) is 0 Å². The van der Waals surface area contributed by atoms with Gasteiger partial charge in [0.05, 0.1) is 0 Å². The van der Waals surface area contributed by atoms with Crippen LogP contribution in [-0.4, -0.2) is 59.8 Å². The molecular weight excluding hydrogens is 350 g/mol. The van der Waals surface area contributed by atoms with Crippen LogP contribution in [0.5, 0.6) is 0 Å². The fourth-order valence-electron chi connectivity index (χ4n) is 2.79. The maximum atomic E-state index is 12.4. The molecule has 0 radical (unpaired) electrons. The quantitative estimate of drug-likeness (QED) is 0.839. The number of carbonyl (C=O) groups is 2. The van der Waals surface area contributed by atoms with E-state index in [0.29, 0.717) is 10.8 Å².